The number of hydrogen-bond donors (Lipinski definition) is 1. The minimum absolute atomic E-state index is 0.403. The number of thiophene rings is 1. The first-order valence-corrected chi connectivity index (χ1v) is 9.08. The highest BCUT2D eigenvalue weighted by Crippen LogP contribution is 2.41. The minimum Gasteiger partial charge on any atom is -0.444 e. The first-order valence-electron chi connectivity index (χ1n) is 7.18. The normalized spacial score (nSPS) is 11.3. The zero-order chi connectivity index (χ0) is 16.3. The van der Waals surface area contributed by atoms with E-state index in [1.54, 1.807) is 11.3 Å². The molecule has 0 spiro atoms. The molecule has 2 rings (SSSR count). The summed E-state index contributed by atoms with van der Waals surface area (Å²) in [6.07, 6.45) is 0.453. The molecule has 1 aromatic heterocycles. The van der Waals surface area contributed by atoms with Crippen LogP contribution in [-0.2, 0) is 11.2 Å². The van der Waals surface area contributed by atoms with Crippen LogP contribution in [0.5, 0.6) is 0 Å². The van der Waals surface area contributed by atoms with Crippen LogP contribution in [0, 0.1) is 2.88 Å². The Bertz CT molecular complexity index is 659. The molecule has 2 aromatic rings. The molecule has 0 bridgehead atoms. The van der Waals surface area contributed by atoms with Gasteiger partial charge in [0, 0.05) is 5.56 Å². The lowest BCUT2D eigenvalue weighted by Crippen LogP contribution is -2.27. The van der Waals surface area contributed by atoms with E-state index < -0.39 is 11.7 Å². The van der Waals surface area contributed by atoms with Crippen molar-refractivity contribution in [1.29, 1.82) is 0 Å². The summed E-state index contributed by atoms with van der Waals surface area (Å²) in [7, 11) is 0. The third-order valence-corrected chi connectivity index (χ3v) is 5.13. The standard InChI is InChI=1S/C17H20INO2S/c1-5-12-13(11-9-7-6-8-10-11)14(18)22-15(12)19-16(20)21-17(2,3)4/h6-10H,5H2,1-4H3,(H,19,20). The first kappa shape index (κ1) is 17.3. The van der Waals surface area contributed by atoms with Gasteiger partial charge in [-0.3, -0.25) is 5.32 Å². The number of halogens is 1. The van der Waals surface area contributed by atoms with Gasteiger partial charge in [-0.1, -0.05) is 37.3 Å². The predicted octanol–water partition coefficient (Wildman–Crippen LogP) is 5.93. The van der Waals surface area contributed by atoms with Crippen molar-refractivity contribution in [2.24, 2.45) is 0 Å². The number of benzene rings is 1. The van der Waals surface area contributed by atoms with E-state index in [2.05, 4.69) is 47.0 Å². The molecule has 0 saturated heterocycles. The van der Waals surface area contributed by atoms with Crippen LogP contribution < -0.4 is 5.32 Å². The monoisotopic (exact) mass is 429 g/mol. The van der Waals surface area contributed by atoms with Gasteiger partial charge < -0.3 is 4.74 Å². The van der Waals surface area contributed by atoms with Crippen molar-refractivity contribution >= 4 is 45.0 Å². The van der Waals surface area contributed by atoms with E-state index in [0.717, 1.165) is 17.0 Å². The third-order valence-electron chi connectivity index (χ3n) is 2.99. The van der Waals surface area contributed by atoms with Gasteiger partial charge in [0.1, 0.15) is 10.6 Å². The molecule has 0 aliphatic rings. The molecule has 0 atom stereocenters. The topological polar surface area (TPSA) is 38.3 Å². The molecule has 22 heavy (non-hydrogen) atoms. The highest BCUT2D eigenvalue weighted by molar-refractivity contribution is 14.1. The Morgan fingerprint density at radius 2 is 1.91 bits per heavy atom. The van der Waals surface area contributed by atoms with E-state index in [1.807, 2.05) is 39.0 Å². The molecule has 3 nitrogen and oxygen atoms in total. The molecule has 1 heterocycles. The summed E-state index contributed by atoms with van der Waals surface area (Å²) >= 11 is 3.92. The molecule has 1 aromatic carbocycles. The van der Waals surface area contributed by atoms with Gasteiger partial charge in [-0.25, -0.2) is 4.79 Å². The quantitative estimate of drug-likeness (QED) is 0.615. The number of rotatable bonds is 3. The average Bonchev–Trinajstić information content (AvgIpc) is 2.73. The lowest BCUT2D eigenvalue weighted by atomic mass is 10.0. The van der Waals surface area contributed by atoms with Gasteiger partial charge in [0.25, 0.3) is 0 Å². The van der Waals surface area contributed by atoms with Crippen molar-refractivity contribution in [1.82, 2.24) is 0 Å². The van der Waals surface area contributed by atoms with E-state index in [-0.39, 0.29) is 0 Å². The maximum atomic E-state index is 12.0. The van der Waals surface area contributed by atoms with Crippen molar-refractivity contribution in [3.8, 4) is 11.1 Å². The van der Waals surface area contributed by atoms with E-state index in [9.17, 15) is 4.79 Å². The summed E-state index contributed by atoms with van der Waals surface area (Å²) in [5.74, 6) is 0. The molecule has 0 fully saturated rings. The zero-order valence-electron chi connectivity index (χ0n) is 13.2. The molecule has 118 valence electrons. The maximum absolute atomic E-state index is 12.0. The highest BCUT2D eigenvalue weighted by atomic mass is 127. The summed E-state index contributed by atoms with van der Waals surface area (Å²) < 4.78 is 6.52. The molecule has 5 heteroatoms. The second kappa shape index (κ2) is 7.00. The van der Waals surface area contributed by atoms with Gasteiger partial charge in [0.15, 0.2) is 0 Å². The fourth-order valence-electron chi connectivity index (χ4n) is 2.16. The lowest BCUT2D eigenvalue weighted by Gasteiger charge is -2.19. The first-order chi connectivity index (χ1) is 10.3. The summed E-state index contributed by atoms with van der Waals surface area (Å²) in [6.45, 7) is 7.69. The average molecular weight is 429 g/mol. The van der Waals surface area contributed by atoms with Crippen LogP contribution in [0.25, 0.3) is 11.1 Å². The Morgan fingerprint density at radius 1 is 1.27 bits per heavy atom. The fraction of sp³-hybridized carbons (Fsp3) is 0.353. The molecule has 1 N–H and O–H groups in total. The molecule has 0 aliphatic carbocycles. The Morgan fingerprint density at radius 3 is 2.45 bits per heavy atom. The van der Waals surface area contributed by atoms with Gasteiger partial charge in [0.2, 0.25) is 0 Å². The smallest absolute Gasteiger partial charge is 0.412 e. The van der Waals surface area contributed by atoms with Gasteiger partial charge >= 0.3 is 6.09 Å². The minimum atomic E-state index is -0.497. The van der Waals surface area contributed by atoms with Crippen LogP contribution in [0.3, 0.4) is 0 Å². The Labute approximate surface area is 149 Å². The molecule has 0 radical (unpaired) electrons. The molecular weight excluding hydrogens is 409 g/mol. The van der Waals surface area contributed by atoms with E-state index in [4.69, 9.17) is 4.74 Å². The molecule has 0 aliphatic heterocycles. The molecular formula is C17H20INO2S. The SMILES string of the molecule is CCc1c(NC(=O)OC(C)(C)C)sc(I)c1-c1ccccc1. The van der Waals surface area contributed by atoms with Crippen molar-refractivity contribution in [2.45, 2.75) is 39.7 Å². The largest absolute Gasteiger partial charge is 0.444 e. The number of hydrogen-bond acceptors (Lipinski definition) is 3. The fourth-order valence-corrected chi connectivity index (χ4v) is 4.49. The van der Waals surface area contributed by atoms with Gasteiger partial charge in [-0.2, -0.15) is 0 Å². The second-order valence-corrected chi connectivity index (χ2v) is 8.74. The van der Waals surface area contributed by atoms with Gasteiger partial charge in [-0.05, 0) is 60.9 Å². The zero-order valence-corrected chi connectivity index (χ0v) is 16.2. The van der Waals surface area contributed by atoms with E-state index in [0.29, 0.717) is 0 Å². The van der Waals surface area contributed by atoms with Crippen LogP contribution in [0.4, 0.5) is 9.80 Å². The Balaban J connectivity index is 2.33. The Kier molecular flexibility index (Phi) is 5.50. The number of ether oxygens (including phenoxy) is 1. The summed E-state index contributed by atoms with van der Waals surface area (Å²) in [5, 5.41) is 3.78. The van der Waals surface area contributed by atoms with Crippen LogP contribution in [0.1, 0.15) is 33.3 Å². The Hall–Kier alpha value is -1.08. The summed E-state index contributed by atoms with van der Waals surface area (Å²) in [4.78, 5) is 12.0. The van der Waals surface area contributed by atoms with E-state index in [1.165, 1.54) is 14.0 Å². The summed E-state index contributed by atoms with van der Waals surface area (Å²) in [5.41, 5.74) is 3.05. The van der Waals surface area contributed by atoms with Crippen LogP contribution in [0.2, 0.25) is 0 Å². The van der Waals surface area contributed by atoms with Crippen molar-refractivity contribution in [3.63, 3.8) is 0 Å². The third kappa shape index (κ3) is 4.23. The van der Waals surface area contributed by atoms with Crippen molar-refractivity contribution < 1.29 is 9.53 Å². The van der Waals surface area contributed by atoms with Crippen molar-refractivity contribution in [3.05, 3.63) is 38.8 Å². The predicted molar refractivity (Wildman–Crippen MR) is 102 cm³/mol. The van der Waals surface area contributed by atoms with Crippen LogP contribution >= 0.6 is 33.9 Å². The highest BCUT2D eigenvalue weighted by Gasteiger charge is 2.21. The second-order valence-electron chi connectivity index (χ2n) is 5.90. The number of nitrogens with one attached hydrogen (secondary N) is 1. The molecule has 1 amide bonds. The van der Waals surface area contributed by atoms with E-state index >= 15 is 0 Å². The molecule has 0 saturated carbocycles. The van der Waals surface area contributed by atoms with Crippen LogP contribution in [-0.4, -0.2) is 11.7 Å². The number of anilines is 1. The number of carbonyl (C=O) groups is 1. The molecule has 0 unspecified atom stereocenters. The van der Waals surface area contributed by atoms with Crippen LogP contribution in [0.15, 0.2) is 30.3 Å². The lowest BCUT2D eigenvalue weighted by molar-refractivity contribution is 0.0636. The summed E-state index contributed by atoms with van der Waals surface area (Å²) in [6, 6.07) is 10.3. The maximum Gasteiger partial charge on any atom is 0.412 e. The number of carbonyl (C=O) groups excluding carboxylic acids is 1. The van der Waals surface area contributed by atoms with Gasteiger partial charge in [-0.15, -0.1) is 11.3 Å². The number of amides is 1. The van der Waals surface area contributed by atoms with Crippen molar-refractivity contribution in [2.75, 3.05) is 5.32 Å². The van der Waals surface area contributed by atoms with Gasteiger partial charge in [0.05, 0.1) is 2.88 Å².